The van der Waals surface area contributed by atoms with Crippen LogP contribution in [-0.4, -0.2) is 21.6 Å². The van der Waals surface area contributed by atoms with E-state index in [1.165, 1.54) is 12.1 Å². The molecule has 0 aromatic heterocycles. The van der Waals surface area contributed by atoms with Gasteiger partial charge in [-0.2, -0.15) is 0 Å². The highest BCUT2D eigenvalue weighted by atomic mass is 35.5. The van der Waals surface area contributed by atoms with E-state index in [1.54, 1.807) is 36.4 Å². The molecule has 0 radical (unpaired) electrons. The minimum Gasteiger partial charge on any atom is -0.492 e. The van der Waals surface area contributed by atoms with E-state index in [9.17, 15) is 8.42 Å². The lowest BCUT2D eigenvalue weighted by Crippen LogP contribution is -2.28. The predicted octanol–water partition coefficient (Wildman–Crippen LogP) is 2.28. The first kappa shape index (κ1) is 15.6. The van der Waals surface area contributed by atoms with Gasteiger partial charge < -0.3 is 10.5 Å². The van der Waals surface area contributed by atoms with Crippen LogP contribution in [0.4, 0.5) is 5.69 Å². The van der Waals surface area contributed by atoms with E-state index in [0.717, 1.165) is 0 Å². The molecule has 0 aliphatic carbocycles. The number of halogens is 1. The topological polar surface area (TPSA) is 81.4 Å². The molecule has 0 heterocycles. The molecule has 0 fully saturated rings. The molecule has 2 aromatic rings. The Bertz CT molecular complexity index is 702. The number of nitrogens with one attached hydrogen (secondary N) is 1. The molecule has 0 saturated carbocycles. The van der Waals surface area contributed by atoms with Crippen LogP contribution in [0.1, 0.15) is 0 Å². The minimum atomic E-state index is -3.63. The summed E-state index contributed by atoms with van der Waals surface area (Å²) in [5.41, 5.74) is 6.20. The molecule has 112 valence electrons. The summed E-state index contributed by atoms with van der Waals surface area (Å²) in [6, 6.07) is 13.1. The van der Waals surface area contributed by atoms with E-state index < -0.39 is 10.0 Å². The van der Waals surface area contributed by atoms with Crippen molar-refractivity contribution in [1.82, 2.24) is 4.72 Å². The van der Waals surface area contributed by atoms with Crippen molar-refractivity contribution < 1.29 is 13.2 Å². The van der Waals surface area contributed by atoms with Crippen molar-refractivity contribution in [2.75, 3.05) is 18.9 Å². The number of hydrogen-bond donors (Lipinski definition) is 2. The van der Waals surface area contributed by atoms with E-state index in [0.29, 0.717) is 11.4 Å². The Morgan fingerprint density at radius 1 is 1.10 bits per heavy atom. The lowest BCUT2D eigenvalue weighted by atomic mass is 10.3. The van der Waals surface area contributed by atoms with Gasteiger partial charge in [-0.1, -0.05) is 23.7 Å². The first-order valence-corrected chi connectivity index (χ1v) is 8.08. The van der Waals surface area contributed by atoms with Crippen LogP contribution in [0, 0.1) is 0 Å². The Balaban J connectivity index is 1.88. The lowest BCUT2D eigenvalue weighted by Gasteiger charge is -2.09. The minimum absolute atomic E-state index is 0.0548. The summed E-state index contributed by atoms with van der Waals surface area (Å²) in [7, 11) is -3.63. The fourth-order valence-corrected chi connectivity index (χ4v) is 3.18. The summed E-state index contributed by atoms with van der Waals surface area (Å²) in [5, 5.41) is 0.185. The van der Waals surface area contributed by atoms with Gasteiger partial charge in [-0.25, -0.2) is 13.1 Å². The highest BCUT2D eigenvalue weighted by molar-refractivity contribution is 7.89. The number of sulfonamides is 1. The van der Waals surface area contributed by atoms with E-state index in [4.69, 9.17) is 22.1 Å². The third-order valence-electron chi connectivity index (χ3n) is 2.67. The summed E-state index contributed by atoms with van der Waals surface area (Å²) in [6.07, 6.45) is 0. The SMILES string of the molecule is Nc1ccc(OCCNS(=O)(=O)c2ccccc2Cl)cc1. The van der Waals surface area contributed by atoms with Crippen molar-refractivity contribution in [2.45, 2.75) is 4.90 Å². The third kappa shape index (κ3) is 4.35. The second-order valence-corrected chi connectivity index (χ2v) is 6.39. The van der Waals surface area contributed by atoms with E-state index >= 15 is 0 Å². The van der Waals surface area contributed by atoms with Gasteiger partial charge in [-0.15, -0.1) is 0 Å². The molecule has 2 rings (SSSR count). The maximum absolute atomic E-state index is 12.0. The smallest absolute Gasteiger partial charge is 0.242 e. The van der Waals surface area contributed by atoms with Gasteiger partial charge in [0.05, 0.1) is 5.02 Å². The lowest BCUT2D eigenvalue weighted by molar-refractivity contribution is 0.323. The standard InChI is InChI=1S/C14H15ClN2O3S/c15-13-3-1-2-4-14(13)21(18,19)17-9-10-20-12-7-5-11(16)6-8-12/h1-8,17H,9-10,16H2. The van der Waals surface area contributed by atoms with Crippen LogP contribution < -0.4 is 15.2 Å². The van der Waals surface area contributed by atoms with Crippen LogP contribution in [0.15, 0.2) is 53.4 Å². The quantitative estimate of drug-likeness (QED) is 0.630. The largest absolute Gasteiger partial charge is 0.492 e. The van der Waals surface area contributed by atoms with Crippen LogP contribution in [0.2, 0.25) is 5.02 Å². The molecule has 0 unspecified atom stereocenters. The average molecular weight is 327 g/mol. The highest BCUT2D eigenvalue weighted by Crippen LogP contribution is 2.20. The van der Waals surface area contributed by atoms with Gasteiger partial charge in [0.2, 0.25) is 10.0 Å². The van der Waals surface area contributed by atoms with Crippen molar-refractivity contribution in [3.8, 4) is 5.75 Å². The summed E-state index contributed by atoms with van der Waals surface area (Å²) in [6.45, 7) is 0.339. The summed E-state index contributed by atoms with van der Waals surface area (Å²) in [4.78, 5) is 0.0548. The monoisotopic (exact) mass is 326 g/mol. The van der Waals surface area contributed by atoms with Gasteiger partial charge in [-0.05, 0) is 36.4 Å². The highest BCUT2D eigenvalue weighted by Gasteiger charge is 2.16. The molecule has 0 bridgehead atoms. The molecule has 7 heteroatoms. The molecule has 5 nitrogen and oxygen atoms in total. The Morgan fingerprint density at radius 3 is 2.43 bits per heavy atom. The Labute approximate surface area is 128 Å². The number of ether oxygens (including phenoxy) is 1. The van der Waals surface area contributed by atoms with Crippen molar-refractivity contribution in [3.63, 3.8) is 0 Å². The zero-order valence-corrected chi connectivity index (χ0v) is 12.7. The molecule has 0 spiro atoms. The molecule has 0 saturated heterocycles. The first-order chi connectivity index (χ1) is 9.99. The Hall–Kier alpha value is -1.76. The number of anilines is 1. The zero-order chi connectivity index (χ0) is 15.3. The molecule has 0 aliphatic rings. The molecule has 0 aliphatic heterocycles. The molecule has 2 aromatic carbocycles. The van der Waals surface area contributed by atoms with Crippen molar-refractivity contribution in [1.29, 1.82) is 0 Å². The second kappa shape index (κ2) is 6.80. The van der Waals surface area contributed by atoms with Crippen LogP contribution in [0.3, 0.4) is 0 Å². The Morgan fingerprint density at radius 2 is 1.76 bits per heavy atom. The van der Waals surface area contributed by atoms with Gasteiger partial charge in [0.1, 0.15) is 17.3 Å². The molecular formula is C14H15ClN2O3S. The summed E-state index contributed by atoms with van der Waals surface area (Å²) in [5.74, 6) is 0.626. The molecule has 3 N–H and O–H groups in total. The third-order valence-corrected chi connectivity index (χ3v) is 4.63. The fourth-order valence-electron chi connectivity index (χ4n) is 1.65. The van der Waals surface area contributed by atoms with Gasteiger partial charge in [0.15, 0.2) is 0 Å². The van der Waals surface area contributed by atoms with Gasteiger partial charge in [0, 0.05) is 12.2 Å². The number of nitrogen functional groups attached to an aromatic ring is 1. The predicted molar refractivity (Wildman–Crippen MR) is 83.0 cm³/mol. The Kier molecular flexibility index (Phi) is 5.06. The van der Waals surface area contributed by atoms with Crippen molar-refractivity contribution >= 4 is 27.3 Å². The molecule has 21 heavy (non-hydrogen) atoms. The van der Waals surface area contributed by atoms with Crippen molar-refractivity contribution in [3.05, 3.63) is 53.6 Å². The molecule has 0 amide bonds. The van der Waals surface area contributed by atoms with E-state index in [-0.39, 0.29) is 23.1 Å². The van der Waals surface area contributed by atoms with Crippen LogP contribution in [0.5, 0.6) is 5.75 Å². The normalized spacial score (nSPS) is 11.3. The molecule has 0 atom stereocenters. The summed E-state index contributed by atoms with van der Waals surface area (Å²) >= 11 is 5.87. The van der Waals surface area contributed by atoms with E-state index in [1.807, 2.05) is 0 Å². The van der Waals surface area contributed by atoms with Crippen LogP contribution in [0.25, 0.3) is 0 Å². The molecular weight excluding hydrogens is 312 g/mol. The van der Waals surface area contributed by atoms with E-state index in [2.05, 4.69) is 4.72 Å². The van der Waals surface area contributed by atoms with Gasteiger partial charge in [0.25, 0.3) is 0 Å². The second-order valence-electron chi connectivity index (χ2n) is 4.25. The van der Waals surface area contributed by atoms with Gasteiger partial charge >= 0.3 is 0 Å². The number of rotatable bonds is 6. The summed E-state index contributed by atoms with van der Waals surface area (Å²) < 4.78 is 31.9. The zero-order valence-electron chi connectivity index (χ0n) is 11.1. The van der Waals surface area contributed by atoms with Crippen molar-refractivity contribution in [2.24, 2.45) is 0 Å². The number of nitrogens with two attached hydrogens (primary N) is 1. The maximum atomic E-state index is 12.0. The van der Waals surface area contributed by atoms with Crippen LogP contribution >= 0.6 is 11.6 Å². The number of hydrogen-bond acceptors (Lipinski definition) is 4. The average Bonchev–Trinajstić information content (AvgIpc) is 2.46. The van der Waals surface area contributed by atoms with Gasteiger partial charge in [-0.3, -0.25) is 0 Å². The maximum Gasteiger partial charge on any atom is 0.242 e. The first-order valence-electron chi connectivity index (χ1n) is 6.21. The number of benzene rings is 2. The fraction of sp³-hybridized carbons (Fsp3) is 0.143. The van der Waals surface area contributed by atoms with Crippen LogP contribution in [-0.2, 0) is 10.0 Å².